The molecule has 2 rings (SSSR count). The van der Waals surface area contributed by atoms with Gasteiger partial charge in [0.1, 0.15) is 0 Å². The Hall–Kier alpha value is -1.29. The summed E-state index contributed by atoms with van der Waals surface area (Å²) in [5.41, 5.74) is 4.13. The van der Waals surface area contributed by atoms with Gasteiger partial charge in [-0.1, -0.05) is 0 Å². The Balaban J connectivity index is 2.38. The van der Waals surface area contributed by atoms with E-state index in [-0.39, 0.29) is 0 Å². The molecule has 0 saturated heterocycles. The van der Waals surface area contributed by atoms with E-state index in [0.29, 0.717) is 5.92 Å². The van der Waals surface area contributed by atoms with Crippen LogP contribution in [0.5, 0.6) is 0 Å². The molecule has 34 heavy (non-hydrogen) atoms. The van der Waals surface area contributed by atoms with Crippen LogP contribution in [0, 0.1) is 0 Å². The second kappa shape index (κ2) is 16.4. The van der Waals surface area contributed by atoms with Gasteiger partial charge < -0.3 is 0 Å². The van der Waals surface area contributed by atoms with E-state index in [4.69, 9.17) is 5.10 Å². The molecule has 0 fully saturated rings. The summed E-state index contributed by atoms with van der Waals surface area (Å²) >= 11 is -2.21. The molecule has 2 aromatic rings. The molecule has 3 heteroatoms. The van der Waals surface area contributed by atoms with Gasteiger partial charge in [-0.25, -0.2) is 0 Å². The first-order valence-corrected chi connectivity index (χ1v) is 21.9. The number of unbranched alkanes of at least 4 members (excludes halogenated alkanes) is 3. The summed E-state index contributed by atoms with van der Waals surface area (Å²) in [6.07, 6.45) is 10.6. The van der Waals surface area contributed by atoms with Crippen molar-refractivity contribution in [2.75, 3.05) is 14.1 Å². The summed E-state index contributed by atoms with van der Waals surface area (Å²) in [5, 5.41) is 7.12. The fourth-order valence-electron chi connectivity index (χ4n) is 5.36. The van der Waals surface area contributed by atoms with Crippen LogP contribution in [0.15, 0.2) is 65.8 Å². The van der Waals surface area contributed by atoms with Gasteiger partial charge in [0.2, 0.25) is 0 Å². The van der Waals surface area contributed by atoms with Crippen molar-refractivity contribution in [2.24, 2.45) is 5.10 Å². The molecule has 0 spiro atoms. The summed E-state index contributed by atoms with van der Waals surface area (Å²) in [6, 6.07) is 22.2. The maximum atomic E-state index is 5.11. The van der Waals surface area contributed by atoms with Crippen LogP contribution in [0.2, 0.25) is 17.7 Å². The summed E-state index contributed by atoms with van der Waals surface area (Å²) in [5.74, 6) is 0.407. The monoisotopic (exact) mass is 570 g/mol. The second-order valence-corrected chi connectivity index (χ2v) is 24.7. The van der Waals surface area contributed by atoms with Crippen molar-refractivity contribution in [1.82, 2.24) is 5.01 Å². The molecule has 188 valence electrons. The Bertz CT molecular complexity index is 779. The number of nitrogens with zero attached hydrogens (tertiary/aromatic N) is 2. The Morgan fingerprint density at radius 1 is 0.735 bits per heavy atom. The van der Waals surface area contributed by atoms with Crippen LogP contribution in [-0.4, -0.2) is 43.2 Å². The van der Waals surface area contributed by atoms with Gasteiger partial charge in [-0.05, 0) is 0 Å². The number of rotatable bonds is 17. The van der Waals surface area contributed by atoms with Crippen molar-refractivity contribution in [1.29, 1.82) is 0 Å². The average molecular weight is 569 g/mol. The van der Waals surface area contributed by atoms with E-state index in [9.17, 15) is 0 Å². The fourth-order valence-corrected chi connectivity index (χ4v) is 21.7. The molecule has 1 atom stereocenters. The molecule has 1 unspecified atom stereocenters. The Morgan fingerprint density at radius 2 is 1.24 bits per heavy atom. The van der Waals surface area contributed by atoms with Gasteiger partial charge in [0.15, 0.2) is 0 Å². The van der Waals surface area contributed by atoms with E-state index in [0.717, 1.165) is 6.42 Å². The zero-order valence-electron chi connectivity index (χ0n) is 22.7. The number of hydrogen-bond donors (Lipinski definition) is 0. The van der Waals surface area contributed by atoms with Crippen LogP contribution in [0.25, 0.3) is 0 Å². The van der Waals surface area contributed by atoms with Crippen LogP contribution >= 0.6 is 0 Å². The topological polar surface area (TPSA) is 15.6 Å². The summed E-state index contributed by atoms with van der Waals surface area (Å²) in [4.78, 5) is 0. The second-order valence-electron chi connectivity index (χ2n) is 10.4. The van der Waals surface area contributed by atoms with Crippen molar-refractivity contribution in [2.45, 2.75) is 95.8 Å². The SMILES string of the molecule is CCC[CH2][Sn]([CH2]CCC)([CH2]CCC)[CH2]CC(/C(Cc1ccccc1)=N\N(C)C)c1ccccc1. The van der Waals surface area contributed by atoms with Crippen molar-refractivity contribution >= 4 is 24.1 Å². The molecule has 0 amide bonds. The molecule has 0 aliphatic rings. The molecule has 0 aliphatic carbocycles. The molecular formula is C31H50N2Sn. The molecule has 2 aromatic carbocycles. The van der Waals surface area contributed by atoms with Gasteiger partial charge >= 0.3 is 216 Å². The van der Waals surface area contributed by atoms with Gasteiger partial charge in [0, 0.05) is 0 Å². The number of benzene rings is 2. The molecule has 0 heterocycles. The zero-order valence-corrected chi connectivity index (χ0v) is 25.6. The third kappa shape index (κ3) is 10.1. The molecule has 0 bridgehead atoms. The molecule has 0 aliphatic heterocycles. The first-order valence-electron chi connectivity index (χ1n) is 13.9. The van der Waals surface area contributed by atoms with Crippen LogP contribution in [-0.2, 0) is 6.42 Å². The Labute approximate surface area is 215 Å². The van der Waals surface area contributed by atoms with E-state index in [1.165, 1.54) is 66.2 Å². The van der Waals surface area contributed by atoms with Crippen LogP contribution < -0.4 is 0 Å². The Morgan fingerprint density at radius 3 is 1.71 bits per heavy atom. The van der Waals surface area contributed by atoms with Crippen molar-refractivity contribution < 1.29 is 0 Å². The van der Waals surface area contributed by atoms with E-state index in [1.807, 2.05) is 5.01 Å². The predicted molar refractivity (Wildman–Crippen MR) is 155 cm³/mol. The average Bonchev–Trinajstić information content (AvgIpc) is 2.85. The number of hydrogen-bond acceptors (Lipinski definition) is 2. The predicted octanol–water partition coefficient (Wildman–Crippen LogP) is 9.17. The maximum absolute atomic E-state index is 5.11. The normalized spacial score (nSPS) is 13.1. The van der Waals surface area contributed by atoms with E-state index in [1.54, 1.807) is 13.3 Å². The molecule has 0 saturated carbocycles. The molecule has 0 N–H and O–H groups in total. The van der Waals surface area contributed by atoms with Gasteiger partial charge in [0.25, 0.3) is 0 Å². The summed E-state index contributed by atoms with van der Waals surface area (Å²) < 4.78 is 6.28. The van der Waals surface area contributed by atoms with E-state index < -0.39 is 18.4 Å². The van der Waals surface area contributed by atoms with Crippen molar-refractivity contribution in [3.05, 3.63) is 71.8 Å². The van der Waals surface area contributed by atoms with Gasteiger partial charge in [-0.15, -0.1) is 0 Å². The third-order valence-electron chi connectivity index (χ3n) is 7.31. The van der Waals surface area contributed by atoms with Crippen LogP contribution in [0.3, 0.4) is 0 Å². The molecule has 0 radical (unpaired) electrons. The van der Waals surface area contributed by atoms with E-state index >= 15 is 0 Å². The van der Waals surface area contributed by atoms with Crippen molar-refractivity contribution in [3.63, 3.8) is 0 Å². The van der Waals surface area contributed by atoms with E-state index in [2.05, 4.69) is 95.5 Å². The number of hydrazone groups is 1. The zero-order chi connectivity index (χ0) is 24.7. The first-order chi connectivity index (χ1) is 16.5. The minimum atomic E-state index is -2.21. The first kappa shape index (κ1) is 28.9. The third-order valence-corrected chi connectivity index (χ3v) is 23.3. The fraction of sp³-hybridized carbons (Fsp3) is 0.581. The molecular weight excluding hydrogens is 519 g/mol. The standard InChI is InChI=1S/C19H23N2.3C4H9.Sn/c1-4-18(17-13-9-6-10-14-17)19(20-21(2)3)15-16-11-7-5-8-12-16;3*1-3-4-2;/h5-14,18H,1,4,15H2,2-3H3;3*1,3-4H2,2H3;/b20-19-;;;;. The quantitative estimate of drug-likeness (QED) is 0.105. The van der Waals surface area contributed by atoms with Gasteiger partial charge in [0.05, 0.1) is 0 Å². The van der Waals surface area contributed by atoms with Crippen LogP contribution in [0.1, 0.15) is 82.8 Å². The minimum absolute atomic E-state index is 0.407. The molecule has 0 aromatic heterocycles. The van der Waals surface area contributed by atoms with Gasteiger partial charge in [-0.2, -0.15) is 0 Å². The summed E-state index contributed by atoms with van der Waals surface area (Å²) in [7, 11) is 4.14. The van der Waals surface area contributed by atoms with Crippen molar-refractivity contribution in [3.8, 4) is 0 Å². The molecule has 2 nitrogen and oxygen atoms in total. The Kier molecular flexibility index (Phi) is 14.0. The van der Waals surface area contributed by atoms with Gasteiger partial charge in [-0.3, -0.25) is 0 Å². The summed E-state index contributed by atoms with van der Waals surface area (Å²) in [6.45, 7) is 7.14. The van der Waals surface area contributed by atoms with Crippen LogP contribution in [0.4, 0.5) is 0 Å².